The van der Waals surface area contributed by atoms with Crippen molar-refractivity contribution < 1.29 is 9.53 Å². The maximum Gasteiger partial charge on any atom is 0.230 e. The van der Waals surface area contributed by atoms with E-state index in [0.717, 1.165) is 29.8 Å². The van der Waals surface area contributed by atoms with Gasteiger partial charge in [-0.3, -0.25) is 4.79 Å². The largest absolute Gasteiger partial charge is 0.497 e. The van der Waals surface area contributed by atoms with Crippen LogP contribution in [0.4, 0.5) is 0 Å². The van der Waals surface area contributed by atoms with E-state index < -0.39 is 0 Å². The highest BCUT2D eigenvalue weighted by Gasteiger charge is 2.16. The molecule has 1 N–H and O–H groups in total. The van der Waals surface area contributed by atoms with Crippen molar-refractivity contribution in [1.29, 1.82) is 0 Å². The van der Waals surface area contributed by atoms with Crippen LogP contribution in [0.25, 0.3) is 5.69 Å². The van der Waals surface area contributed by atoms with Gasteiger partial charge < -0.3 is 10.1 Å². The van der Waals surface area contributed by atoms with Crippen LogP contribution in [-0.2, 0) is 4.79 Å². The van der Waals surface area contributed by atoms with E-state index >= 15 is 0 Å². The topological polar surface area (TPSA) is 81.9 Å². The van der Waals surface area contributed by atoms with Crippen molar-refractivity contribution in [2.75, 3.05) is 12.9 Å². The van der Waals surface area contributed by atoms with Gasteiger partial charge in [-0.05, 0) is 46.7 Å². The fraction of sp³-hybridized carbons (Fsp3) is 0.300. The predicted molar refractivity (Wildman–Crippen MR) is 109 cm³/mol. The van der Waals surface area contributed by atoms with Crippen LogP contribution in [0.3, 0.4) is 0 Å². The Hall–Kier alpha value is -2.87. The van der Waals surface area contributed by atoms with E-state index in [1.807, 2.05) is 54.6 Å². The SMILES string of the molecule is CCCC(NC(=O)CSc1nnnn1-c1ccc(OC)cc1)c1ccccc1. The van der Waals surface area contributed by atoms with Gasteiger partial charge in [0.1, 0.15) is 5.75 Å². The summed E-state index contributed by atoms with van der Waals surface area (Å²) in [5.74, 6) is 0.952. The second-order valence-corrected chi connectivity index (χ2v) is 7.12. The molecule has 0 spiro atoms. The fourth-order valence-electron chi connectivity index (χ4n) is 2.82. The quantitative estimate of drug-likeness (QED) is 0.557. The van der Waals surface area contributed by atoms with E-state index in [2.05, 4.69) is 27.8 Å². The number of hydrogen-bond acceptors (Lipinski definition) is 6. The van der Waals surface area contributed by atoms with Gasteiger partial charge in [0.25, 0.3) is 0 Å². The summed E-state index contributed by atoms with van der Waals surface area (Å²) < 4.78 is 6.78. The number of nitrogens with one attached hydrogen (secondary N) is 1. The maximum atomic E-state index is 12.5. The fourth-order valence-corrected chi connectivity index (χ4v) is 3.52. The van der Waals surface area contributed by atoms with Crippen molar-refractivity contribution in [2.24, 2.45) is 0 Å². The number of thioether (sulfide) groups is 1. The predicted octanol–water partition coefficient (Wildman–Crippen LogP) is 3.42. The molecule has 2 aromatic carbocycles. The minimum atomic E-state index is -0.0448. The van der Waals surface area contributed by atoms with E-state index in [-0.39, 0.29) is 17.7 Å². The number of tetrazole rings is 1. The van der Waals surface area contributed by atoms with Crippen molar-refractivity contribution >= 4 is 17.7 Å². The van der Waals surface area contributed by atoms with Crippen LogP contribution < -0.4 is 10.1 Å². The van der Waals surface area contributed by atoms with Gasteiger partial charge in [0, 0.05) is 0 Å². The van der Waals surface area contributed by atoms with Gasteiger partial charge in [0.15, 0.2) is 0 Å². The molecule has 1 atom stereocenters. The Bertz CT molecular complexity index is 883. The molecule has 3 aromatic rings. The molecule has 1 heterocycles. The third-order valence-electron chi connectivity index (χ3n) is 4.20. The monoisotopic (exact) mass is 397 g/mol. The second-order valence-electron chi connectivity index (χ2n) is 6.18. The number of methoxy groups -OCH3 is 1. The lowest BCUT2D eigenvalue weighted by Gasteiger charge is -2.18. The molecule has 146 valence electrons. The first kappa shape index (κ1) is 19.9. The number of benzene rings is 2. The number of amides is 1. The summed E-state index contributed by atoms with van der Waals surface area (Å²) in [5, 5.41) is 15.5. The summed E-state index contributed by atoms with van der Waals surface area (Å²) in [5.41, 5.74) is 1.92. The van der Waals surface area contributed by atoms with Gasteiger partial charge in [0.2, 0.25) is 11.1 Å². The molecule has 0 aliphatic rings. The number of hydrogen-bond donors (Lipinski definition) is 1. The lowest BCUT2D eigenvalue weighted by molar-refractivity contribution is -0.119. The second kappa shape index (κ2) is 9.89. The van der Waals surface area contributed by atoms with E-state index in [4.69, 9.17) is 4.74 Å². The summed E-state index contributed by atoms with van der Waals surface area (Å²) in [6.07, 6.45) is 1.88. The Morgan fingerprint density at radius 1 is 1.18 bits per heavy atom. The zero-order chi connectivity index (χ0) is 19.8. The van der Waals surface area contributed by atoms with Crippen molar-refractivity contribution in [3.05, 3.63) is 60.2 Å². The zero-order valence-corrected chi connectivity index (χ0v) is 16.7. The van der Waals surface area contributed by atoms with Gasteiger partial charge in [-0.25, -0.2) is 0 Å². The van der Waals surface area contributed by atoms with Crippen molar-refractivity contribution in [3.8, 4) is 11.4 Å². The molecule has 0 radical (unpaired) electrons. The molecule has 3 rings (SSSR count). The summed E-state index contributed by atoms with van der Waals surface area (Å²) in [6.45, 7) is 2.11. The average molecular weight is 398 g/mol. The number of carbonyl (C=O) groups excluding carboxylic acids is 1. The zero-order valence-electron chi connectivity index (χ0n) is 15.9. The number of rotatable bonds is 9. The molecule has 0 saturated heterocycles. The first-order valence-corrected chi connectivity index (χ1v) is 10.1. The molecular formula is C20H23N5O2S. The molecule has 0 aliphatic heterocycles. The lowest BCUT2D eigenvalue weighted by atomic mass is 10.0. The molecule has 28 heavy (non-hydrogen) atoms. The van der Waals surface area contributed by atoms with Crippen molar-refractivity contribution in [1.82, 2.24) is 25.5 Å². The smallest absolute Gasteiger partial charge is 0.230 e. The third kappa shape index (κ3) is 5.10. The van der Waals surface area contributed by atoms with Crippen LogP contribution in [-0.4, -0.2) is 39.0 Å². The first-order valence-electron chi connectivity index (χ1n) is 9.11. The summed E-state index contributed by atoms with van der Waals surface area (Å²) in [7, 11) is 1.62. The summed E-state index contributed by atoms with van der Waals surface area (Å²) >= 11 is 1.31. The third-order valence-corrected chi connectivity index (χ3v) is 5.12. The number of carbonyl (C=O) groups is 1. The molecule has 0 saturated carbocycles. The Morgan fingerprint density at radius 3 is 2.61 bits per heavy atom. The molecule has 1 aromatic heterocycles. The van der Waals surface area contributed by atoms with E-state index in [1.54, 1.807) is 11.8 Å². The Kier molecular flexibility index (Phi) is 7.02. The lowest BCUT2D eigenvalue weighted by Crippen LogP contribution is -2.30. The van der Waals surface area contributed by atoms with Crippen molar-refractivity contribution in [3.63, 3.8) is 0 Å². The molecule has 7 nitrogen and oxygen atoms in total. The van der Waals surface area contributed by atoms with Crippen LogP contribution >= 0.6 is 11.8 Å². The molecule has 0 bridgehead atoms. The van der Waals surface area contributed by atoms with Crippen molar-refractivity contribution in [2.45, 2.75) is 31.0 Å². The van der Waals surface area contributed by atoms with Crippen LogP contribution in [0.15, 0.2) is 59.8 Å². The summed E-state index contributed by atoms with van der Waals surface area (Å²) in [6, 6.07) is 17.5. The van der Waals surface area contributed by atoms with Crippen LogP contribution in [0, 0.1) is 0 Å². The highest BCUT2D eigenvalue weighted by molar-refractivity contribution is 7.99. The number of nitrogens with zero attached hydrogens (tertiary/aromatic N) is 4. The molecule has 8 heteroatoms. The average Bonchev–Trinajstić information content (AvgIpc) is 3.21. The minimum absolute atomic E-state index is 0.0110. The molecule has 1 unspecified atom stereocenters. The van der Waals surface area contributed by atoms with Crippen LogP contribution in [0.1, 0.15) is 31.4 Å². The molecule has 0 fully saturated rings. The van der Waals surface area contributed by atoms with E-state index in [0.29, 0.717) is 5.16 Å². The maximum absolute atomic E-state index is 12.5. The Labute approximate surface area is 168 Å². The highest BCUT2D eigenvalue weighted by atomic mass is 32.2. The molecule has 1 amide bonds. The van der Waals surface area contributed by atoms with E-state index in [9.17, 15) is 4.79 Å². The highest BCUT2D eigenvalue weighted by Crippen LogP contribution is 2.22. The van der Waals surface area contributed by atoms with Gasteiger partial charge in [0.05, 0.1) is 24.6 Å². The van der Waals surface area contributed by atoms with Gasteiger partial charge in [-0.15, -0.1) is 5.10 Å². The van der Waals surface area contributed by atoms with Crippen LogP contribution in [0.2, 0.25) is 0 Å². The standard InChI is InChI=1S/C20H23N5O2S/c1-3-7-18(15-8-5-4-6-9-15)21-19(26)14-28-20-22-23-24-25(20)16-10-12-17(27-2)13-11-16/h4-6,8-13,18H,3,7,14H2,1-2H3,(H,21,26). The minimum Gasteiger partial charge on any atom is -0.497 e. The molecular weight excluding hydrogens is 374 g/mol. The Balaban J connectivity index is 1.62. The molecule has 0 aliphatic carbocycles. The van der Waals surface area contributed by atoms with E-state index in [1.165, 1.54) is 11.8 Å². The van der Waals surface area contributed by atoms with Gasteiger partial charge >= 0.3 is 0 Å². The van der Waals surface area contributed by atoms with Gasteiger partial charge in [-0.2, -0.15) is 4.68 Å². The first-order chi connectivity index (χ1) is 13.7. The number of aromatic nitrogens is 4. The summed E-state index contributed by atoms with van der Waals surface area (Å²) in [4.78, 5) is 12.5. The van der Waals surface area contributed by atoms with Gasteiger partial charge in [-0.1, -0.05) is 55.4 Å². The van der Waals surface area contributed by atoms with Crippen LogP contribution in [0.5, 0.6) is 5.75 Å². The normalized spacial score (nSPS) is 11.8. The Morgan fingerprint density at radius 2 is 1.93 bits per heavy atom. The number of ether oxygens (including phenoxy) is 1.